The molecule has 3 atom stereocenters. The molecule has 34 heavy (non-hydrogen) atoms. The molecule has 6 nitrogen and oxygen atoms in total. The minimum absolute atomic E-state index is 0.0460. The fraction of sp³-hybridized carbons (Fsp3) is 0.481. The van der Waals surface area contributed by atoms with E-state index in [2.05, 4.69) is 30.0 Å². The lowest BCUT2D eigenvalue weighted by atomic mass is 9.97. The van der Waals surface area contributed by atoms with Gasteiger partial charge in [0.25, 0.3) is 0 Å². The van der Waals surface area contributed by atoms with Gasteiger partial charge in [-0.2, -0.15) is 0 Å². The minimum Gasteiger partial charge on any atom is -0.409 e. The molecule has 0 radical (unpaired) electrons. The van der Waals surface area contributed by atoms with Crippen molar-refractivity contribution in [3.05, 3.63) is 59.7 Å². The molecular weight excluding hydrogens is 444 g/mol. The molecule has 1 unspecified atom stereocenters. The zero-order chi connectivity index (χ0) is 24.1. The molecule has 3 N–H and O–H groups in total. The minimum atomic E-state index is -0.351. The fourth-order valence-electron chi connectivity index (χ4n) is 5.23. The van der Waals surface area contributed by atoms with Crippen molar-refractivity contribution in [3.8, 4) is 0 Å². The van der Waals surface area contributed by atoms with E-state index >= 15 is 0 Å². The topological polar surface area (TPSA) is 82.2 Å². The lowest BCUT2D eigenvalue weighted by Gasteiger charge is -2.39. The second-order valence-electron chi connectivity index (χ2n) is 9.49. The van der Waals surface area contributed by atoms with Crippen LogP contribution < -0.4 is 10.6 Å². The van der Waals surface area contributed by atoms with Crippen molar-refractivity contribution in [1.82, 2.24) is 4.90 Å². The van der Waals surface area contributed by atoms with Crippen LogP contribution in [0.25, 0.3) is 0 Å². The van der Waals surface area contributed by atoms with Crippen LogP contribution in [0.15, 0.2) is 58.6 Å². The number of hydrogen-bond donors (Lipinski definition) is 2. The summed E-state index contributed by atoms with van der Waals surface area (Å²) in [6.07, 6.45) is 7.21. The Morgan fingerprint density at radius 2 is 1.79 bits per heavy atom. The van der Waals surface area contributed by atoms with E-state index in [4.69, 9.17) is 10.9 Å². The third kappa shape index (κ3) is 5.41. The standard InChI is InChI=1S/C27H36N4O2S/c1-19-10-8-11-20(2)30(19)16-6-3-7-17-31-23-14-4-5-15-24(23)34-25(27(31)32)21-12-9-13-22(18-21)26(28)29-33/h4-5,9,12-15,18-20,25,33H,3,6-8,10-11,16-17H2,1-2H3,(H2,28,29)/t19-,20+,25?. The number of nitrogens with two attached hydrogens (primary N) is 1. The van der Waals surface area contributed by atoms with Crippen molar-refractivity contribution >= 4 is 29.2 Å². The second-order valence-corrected chi connectivity index (χ2v) is 10.6. The second kappa shape index (κ2) is 11.3. The predicted molar refractivity (Wildman–Crippen MR) is 140 cm³/mol. The Morgan fingerprint density at radius 1 is 1.06 bits per heavy atom. The van der Waals surface area contributed by atoms with Gasteiger partial charge in [0.05, 0.1) is 5.69 Å². The number of unbranched alkanes of at least 4 members (excludes halogenated alkanes) is 2. The van der Waals surface area contributed by atoms with Crippen molar-refractivity contribution in [2.24, 2.45) is 10.9 Å². The van der Waals surface area contributed by atoms with E-state index in [1.807, 2.05) is 41.3 Å². The lowest BCUT2D eigenvalue weighted by Crippen LogP contribution is -2.44. The summed E-state index contributed by atoms with van der Waals surface area (Å²) in [6.45, 7) is 6.57. The summed E-state index contributed by atoms with van der Waals surface area (Å²) in [5, 5.41) is 11.8. The number of benzene rings is 2. The maximum atomic E-state index is 13.6. The first-order valence-corrected chi connectivity index (χ1v) is 13.3. The number of thioether (sulfide) groups is 1. The molecule has 4 rings (SSSR count). The predicted octanol–water partition coefficient (Wildman–Crippen LogP) is 5.39. The molecule has 1 amide bonds. The molecule has 1 fully saturated rings. The first-order valence-electron chi connectivity index (χ1n) is 12.4. The van der Waals surface area contributed by atoms with Crippen LogP contribution in [0.3, 0.4) is 0 Å². The highest BCUT2D eigenvalue weighted by Crippen LogP contribution is 2.46. The normalized spacial score (nSPS) is 23.7. The van der Waals surface area contributed by atoms with E-state index < -0.39 is 0 Å². The van der Waals surface area contributed by atoms with E-state index in [9.17, 15) is 4.79 Å². The third-order valence-electron chi connectivity index (χ3n) is 7.16. The van der Waals surface area contributed by atoms with Crippen molar-refractivity contribution in [2.75, 3.05) is 18.0 Å². The Labute approximate surface area is 207 Å². The van der Waals surface area contributed by atoms with Crippen LogP contribution in [0, 0.1) is 0 Å². The summed E-state index contributed by atoms with van der Waals surface area (Å²) in [6, 6.07) is 16.9. The van der Waals surface area contributed by atoms with Crippen LogP contribution in [0.5, 0.6) is 0 Å². The van der Waals surface area contributed by atoms with Crippen LogP contribution in [0.4, 0.5) is 5.69 Å². The molecule has 2 aromatic carbocycles. The molecule has 2 aliphatic heterocycles. The zero-order valence-corrected chi connectivity index (χ0v) is 21.0. The van der Waals surface area contributed by atoms with Crippen LogP contribution in [0.1, 0.15) is 68.7 Å². The highest BCUT2D eigenvalue weighted by Gasteiger charge is 2.34. The highest BCUT2D eigenvalue weighted by molar-refractivity contribution is 8.00. The monoisotopic (exact) mass is 480 g/mol. The molecule has 1 saturated heterocycles. The maximum Gasteiger partial charge on any atom is 0.245 e. The van der Waals surface area contributed by atoms with E-state index in [1.54, 1.807) is 17.8 Å². The van der Waals surface area contributed by atoms with Crippen LogP contribution in [-0.2, 0) is 4.79 Å². The summed E-state index contributed by atoms with van der Waals surface area (Å²) in [5.41, 5.74) is 8.27. The number of hydrogen-bond acceptors (Lipinski definition) is 5. The number of likely N-dealkylation sites (tertiary alicyclic amines) is 1. The number of amides is 1. The van der Waals surface area contributed by atoms with E-state index in [-0.39, 0.29) is 17.0 Å². The number of rotatable bonds is 8. The molecule has 7 heteroatoms. The number of anilines is 1. The van der Waals surface area contributed by atoms with Crippen molar-refractivity contribution < 1.29 is 10.0 Å². The number of fused-ring (bicyclic) bond motifs is 1. The van der Waals surface area contributed by atoms with Gasteiger partial charge in [-0.05, 0) is 69.8 Å². The van der Waals surface area contributed by atoms with Crippen LogP contribution >= 0.6 is 11.8 Å². The van der Waals surface area contributed by atoms with Crippen LogP contribution in [-0.4, -0.2) is 47.0 Å². The summed E-state index contributed by atoms with van der Waals surface area (Å²) in [5.74, 6) is 0.142. The fourth-order valence-corrected chi connectivity index (χ4v) is 6.45. The van der Waals surface area contributed by atoms with Gasteiger partial charge in [-0.25, -0.2) is 0 Å². The van der Waals surface area contributed by atoms with E-state index in [0.29, 0.717) is 17.6 Å². The maximum absolute atomic E-state index is 13.6. The third-order valence-corrected chi connectivity index (χ3v) is 8.47. The quantitative estimate of drug-likeness (QED) is 0.174. The van der Waals surface area contributed by atoms with Crippen molar-refractivity contribution in [2.45, 2.75) is 74.6 Å². The Hall–Kier alpha value is -2.51. The largest absolute Gasteiger partial charge is 0.409 e. The smallest absolute Gasteiger partial charge is 0.245 e. The van der Waals surface area contributed by atoms with Gasteiger partial charge in [-0.1, -0.05) is 48.3 Å². The number of carbonyl (C=O) groups excluding carboxylic acids is 1. The summed E-state index contributed by atoms with van der Waals surface area (Å²) in [7, 11) is 0. The number of nitrogens with zero attached hydrogens (tertiary/aromatic N) is 3. The molecule has 2 heterocycles. The molecule has 2 aliphatic rings. The SMILES string of the molecule is C[C@@H]1CCC[C@H](C)N1CCCCCN1C(=O)C(c2cccc(/C(N)=N\O)c2)Sc2ccccc21. The first kappa shape index (κ1) is 24.6. The average Bonchev–Trinajstić information content (AvgIpc) is 2.85. The van der Waals surface area contributed by atoms with Gasteiger partial charge in [0.2, 0.25) is 5.91 Å². The number of oxime groups is 1. The van der Waals surface area contributed by atoms with Crippen molar-refractivity contribution in [1.29, 1.82) is 0 Å². The lowest BCUT2D eigenvalue weighted by molar-refractivity contribution is -0.118. The molecule has 0 aromatic heterocycles. The molecular formula is C27H36N4O2S. The van der Waals surface area contributed by atoms with Gasteiger partial charge in [0, 0.05) is 29.1 Å². The molecule has 0 saturated carbocycles. The van der Waals surface area contributed by atoms with Gasteiger partial charge >= 0.3 is 0 Å². The molecule has 0 bridgehead atoms. The first-order chi connectivity index (χ1) is 16.5. The summed E-state index contributed by atoms with van der Waals surface area (Å²) >= 11 is 1.57. The summed E-state index contributed by atoms with van der Waals surface area (Å²) < 4.78 is 0. The van der Waals surface area contributed by atoms with Gasteiger partial charge in [-0.15, -0.1) is 11.8 Å². The summed E-state index contributed by atoms with van der Waals surface area (Å²) in [4.78, 5) is 19.3. The Bertz CT molecular complexity index is 1020. The number of para-hydroxylation sites is 1. The van der Waals surface area contributed by atoms with Crippen LogP contribution in [0.2, 0.25) is 0 Å². The Morgan fingerprint density at radius 3 is 2.56 bits per heavy atom. The molecule has 182 valence electrons. The Kier molecular flexibility index (Phi) is 8.16. The Balaban J connectivity index is 1.43. The molecule has 0 spiro atoms. The van der Waals surface area contributed by atoms with Gasteiger partial charge in [0.1, 0.15) is 5.25 Å². The van der Waals surface area contributed by atoms with Gasteiger partial charge in [-0.3, -0.25) is 9.69 Å². The number of amidine groups is 1. The van der Waals surface area contributed by atoms with Gasteiger partial charge < -0.3 is 15.8 Å². The van der Waals surface area contributed by atoms with E-state index in [0.717, 1.165) is 42.1 Å². The molecule has 0 aliphatic carbocycles. The molecule has 2 aromatic rings. The van der Waals surface area contributed by atoms with Gasteiger partial charge in [0.15, 0.2) is 5.84 Å². The van der Waals surface area contributed by atoms with Crippen molar-refractivity contribution in [3.63, 3.8) is 0 Å². The van der Waals surface area contributed by atoms with E-state index in [1.165, 1.54) is 25.7 Å². The number of carbonyl (C=O) groups is 1. The zero-order valence-electron chi connectivity index (χ0n) is 20.2. The highest BCUT2D eigenvalue weighted by atomic mass is 32.2. The average molecular weight is 481 g/mol. The number of piperidine rings is 1.